The molecule has 1 aromatic heterocycles. The fourth-order valence-electron chi connectivity index (χ4n) is 2.38. The van der Waals surface area contributed by atoms with Crippen LogP contribution in [0, 0.1) is 0 Å². The largest absolute Gasteiger partial charge is 0.390 e. The van der Waals surface area contributed by atoms with Gasteiger partial charge >= 0.3 is 0 Å². The van der Waals surface area contributed by atoms with Gasteiger partial charge in [0.1, 0.15) is 0 Å². The van der Waals surface area contributed by atoms with Crippen LogP contribution in [0.15, 0.2) is 66.0 Å². The summed E-state index contributed by atoms with van der Waals surface area (Å²) in [6.07, 6.45) is 1.67. The number of thioether (sulfide) groups is 1. The summed E-state index contributed by atoms with van der Waals surface area (Å²) in [5, 5.41) is 12.9. The van der Waals surface area contributed by atoms with Crippen LogP contribution in [-0.4, -0.2) is 20.6 Å². The zero-order chi connectivity index (χ0) is 17.6. The Kier molecular flexibility index (Phi) is 5.53. The number of imidazole rings is 1. The number of aliphatic hydroxyl groups is 1. The highest BCUT2D eigenvalue weighted by molar-refractivity contribution is 7.98. The Morgan fingerprint density at radius 3 is 2.72 bits per heavy atom. The van der Waals surface area contributed by atoms with E-state index in [1.165, 1.54) is 0 Å². The van der Waals surface area contributed by atoms with Crippen LogP contribution in [0.3, 0.4) is 0 Å². The number of para-hydroxylation sites is 1. The van der Waals surface area contributed by atoms with Gasteiger partial charge in [0.05, 0.1) is 18.5 Å². The van der Waals surface area contributed by atoms with Crippen LogP contribution < -0.4 is 5.32 Å². The number of benzene rings is 2. The smallest absolute Gasteiger partial charge is 0.255 e. The summed E-state index contributed by atoms with van der Waals surface area (Å²) in [7, 11) is 1.88. The van der Waals surface area contributed by atoms with E-state index in [2.05, 4.69) is 10.3 Å². The number of carbonyl (C=O) groups excluding carboxylic acids is 1. The van der Waals surface area contributed by atoms with Crippen LogP contribution in [0.4, 0.5) is 5.69 Å². The topological polar surface area (TPSA) is 67.1 Å². The first kappa shape index (κ1) is 17.3. The number of nitrogens with zero attached hydrogens (tertiary/aromatic N) is 2. The van der Waals surface area contributed by atoms with E-state index < -0.39 is 0 Å². The second-order valence-corrected chi connectivity index (χ2v) is 6.50. The summed E-state index contributed by atoms with van der Waals surface area (Å²) >= 11 is 1.57. The van der Waals surface area contributed by atoms with Crippen molar-refractivity contribution in [3.05, 3.63) is 77.6 Å². The second-order valence-electron chi connectivity index (χ2n) is 5.56. The number of aliphatic hydroxyl groups excluding tert-OH is 1. The van der Waals surface area contributed by atoms with Gasteiger partial charge in [0.2, 0.25) is 0 Å². The molecule has 0 unspecified atom stereocenters. The maximum atomic E-state index is 12.4. The van der Waals surface area contributed by atoms with Crippen LogP contribution >= 0.6 is 11.8 Å². The van der Waals surface area contributed by atoms with Crippen LogP contribution in [0.25, 0.3) is 0 Å². The molecule has 0 aliphatic carbocycles. The van der Waals surface area contributed by atoms with Gasteiger partial charge in [-0.1, -0.05) is 42.1 Å². The Balaban J connectivity index is 1.66. The summed E-state index contributed by atoms with van der Waals surface area (Å²) in [6, 6.07) is 17.0. The lowest BCUT2D eigenvalue weighted by Gasteiger charge is -2.07. The molecule has 0 spiro atoms. The van der Waals surface area contributed by atoms with E-state index in [1.54, 1.807) is 24.0 Å². The van der Waals surface area contributed by atoms with Crippen molar-refractivity contribution in [1.82, 2.24) is 9.55 Å². The summed E-state index contributed by atoms with van der Waals surface area (Å²) in [6.45, 7) is -0.0286. The van der Waals surface area contributed by atoms with Gasteiger partial charge < -0.3 is 15.0 Å². The third kappa shape index (κ3) is 4.29. The molecular weight excluding hydrogens is 334 g/mol. The normalized spacial score (nSPS) is 10.6. The number of aromatic nitrogens is 2. The van der Waals surface area contributed by atoms with Gasteiger partial charge in [0.15, 0.2) is 5.16 Å². The number of carbonyl (C=O) groups is 1. The summed E-state index contributed by atoms with van der Waals surface area (Å²) in [5.41, 5.74) is 3.22. The fourth-order valence-corrected chi connectivity index (χ4v) is 3.30. The number of rotatable bonds is 6. The number of nitrogens with one attached hydrogen (secondary N) is 1. The number of hydrogen-bond acceptors (Lipinski definition) is 4. The average molecular weight is 353 g/mol. The molecule has 5 nitrogen and oxygen atoms in total. The van der Waals surface area contributed by atoms with Crippen molar-refractivity contribution < 1.29 is 9.90 Å². The first-order chi connectivity index (χ1) is 12.2. The molecule has 6 heteroatoms. The Morgan fingerprint density at radius 2 is 2.00 bits per heavy atom. The van der Waals surface area contributed by atoms with Crippen molar-refractivity contribution in [2.75, 3.05) is 5.32 Å². The lowest BCUT2D eigenvalue weighted by molar-refractivity contribution is 0.102. The summed E-state index contributed by atoms with van der Waals surface area (Å²) < 4.78 is 1.87. The van der Waals surface area contributed by atoms with Gasteiger partial charge in [0, 0.05) is 24.1 Å². The zero-order valence-corrected chi connectivity index (χ0v) is 14.7. The zero-order valence-electron chi connectivity index (χ0n) is 13.8. The van der Waals surface area contributed by atoms with E-state index >= 15 is 0 Å². The van der Waals surface area contributed by atoms with Crippen molar-refractivity contribution in [2.24, 2.45) is 7.05 Å². The second kappa shape index (κ2) is 8.00. The molecular formula is C19H19N3O2S. The predicted molar refractivity (Wildman–Crippen MR) is 99.5 cm³/mol. The van der Waals surface area contributed by atoms with Crippen LogP contribution in [-0.2, 0) is 19.4 Å². The molecule has 0 aliphatic heterocycles. The van der Waals surface area contributed by atoms with E-state index in [-0.39, 0.29) is 12.5 Å². The van der Waals surface area contributed by atoms with E-state index in [0.717, 1.165) is 22.1 Å². The van der Waals surface area contributed by atoms with Crippen molar-refractivity contribution in [2.45, 2.75) is 17.5 Å². The van der Waals surface area contributed by atoms with Crippen molar-refractivity contribution in [3.8, 4) is 0 Å². The monoisotopic (exact) mass is 353 g/mol. The molecule has 0 aliphatic rings. The van der Waals surface area contributed by atoms with Crippen molar-refractivity contribution >= 4 is 23.4 Å². The molecule has 1 amide bonds. The predicted octanol–water partition coefficient (Wildman–Crippen LogP) is 3.46. The first-order valence-corrected chi connectivity index (χ1v) is 8.85. The number of amides is 1. The minimum absolute atomic E-state index is 0.0286. The van der Waals surface area contributed by atoms with Crippen LogP contribution in [0.2, 0.25) is 0 Å². The van der Waals surface area contributed by atoms with E-state index in [0.29, 0.717) is 11.3 Å². The Morgan fingerprint density at radius 1 is 1.20 bits per heavy atom. The SMILES string of the molecule is Cn1c(CO)cnc1SCc1cccc(C(=O)Nc2ccccc2)c1. The molecule has 1 heterocycles. The molecule has 2 N–H and O–H groups in total. The van der Waals surface area contributed by atoms with Crippen molar-refractivity contribution in [1.29, 1.82) is 0 Å². The minimum Gasteiger partial charge on any atom is -0.390 e. The van der Waals surface area contributed by atoms with Crippen molar-refractivity contribution in [3.63, 3.8) is 0 Å². The molecule has 0 saturated heterocycles. The third-order valence-electron chi connectivity index (χ3n) is 3.79. The highest BCUT2D eigenvalue weighted by atomic mass is 32.2. The molecule has 0 atom stereocenters. The van der Waals surface area contributed by atoms with Gasteiger partial charge in [-0.2, -0.15) is 0 Å². The molecule has 25 heavy (non-hydrogen) atoms. The molecule has 3 aromatic rings. The molecule has 0 bridgehead atoms. The Labute approximate surface area is 150 Å². The number of anilines is 1. The highest BCUT2D eigenvalue weighted by Gasteiger charge is 2.09. The number of hydrogen-bond donors (Lipinski definition) is 2. The molecule has 0 saturated carbocycles. The van der Waals surface area contributed by atoms with Gasteiger partial charge in [-0.25, -0.2) is 4.98 Å². The maximum Gasteiger partial charge on any atom is 0.255 e. The average Bonchev–Trinajstić information content (AvgIpc) is 3.01. The Hall–Kier alpha value is -2.57. The van der Waals surface area contributed by atoms with Crippen LogP contribution in [0.1, 0.15) is 21.6 Å². The molecule has 0 fully saturated rings. The fraction of sp³-hybridized carbons (Fsp3) is 0.158. The summed E-state index contributed by atoms with van der Waals surface area (Å²) in [4.78, 5) is 16.7. The molecule has 3 rings (SSSR count). The van der Waals surface area contributed by atoms with Crippen LogP contribution in [0.5, 0.6) is 0 Å². The van der Waals surface area contributed by atoms with E-state index in [1.807, 2.05) is 60.1 Å². The quantitative estimate of drug-likeness (QED) is 0.666. The third-order valence-corrected chi connectivity index (χ3v) is 4.91. The molecule has 0 radical (unpaired) electrons. The lowest BCUT2D eigenvalue weighted by Crippen LogP contribution is -2.11. The molecule has 128 valence electrons. The first-order valence-electron chi connectivity index (χ1n) is 7.87. The highest BCUT2D eigenvalue weighted by Crippen LogP contribution is 2.23. The van der Waals surface area contributed by atoms with Gasteiger partial charge in [-0.15, -0.1) is 0 Å². The maximum absolute atomic E-state index is 12.4. The molecule has 2 aromatic carbocycles. The Bertz CT molecular complexity index is 862. The van der Waals surface area contributed by atoms with Gasteiger partial charge in [0.25, 0.3) is 5.91 Å². The van der Waals surface area contributed by atoms with E-state index in [9.17, 15) is 9.90 Å². The lowest BCUT2D eigenvalue weighted by atomic mass is 10.1. The minimum atomic E-state index is -0.127. The standard InChI is InChI=1S/C19H19N3O2S/c1-22-17(12-23)11-20-19(22)25-13-14-6-5-7-15(10-14)18(24)21-16-8-3-2-4-9-16/h2-11,23H,12-13H2,1H3,(H,21,24). The van der Waals surface area contributed by atoms with Gasteiger partial charge in [-0.3, -0.25) is 4.79 Å². The van der Waals surface area contributed by atoms with Gasteiger partial charge in [-0.05, 0) is 29.8 Å². The van der Waals surface area contributed by atoms with E-state index in [4.69, 9.17) is 0 Å². The summed E-state index contributed by atoms with van der Waals surface area (Å²) in [5.74, 6) is 0.569.